The highest BCUT2D eigenvalue weighted by molar-refractivity contribution is 6.10. The molecule has 0 amide bonds. The molecule has 56 heavy (non-hydrogen) atoms. The SMILES string of the molecule is CC1(C)c2cc(-c3cnc4c(-c5ccc(-n6c7ccccc7c7ccccc76)cc5)nccn34)ccc2-c2ccc(-n3c4ccccc4c4ccccc43)cc21. The maximum absolute atomic E-state index is 4.98. The number of para-hydroxylation sites is 4. The summed E-state index contributed by atoms with van der Waals surface area (Å²) in [4.78, 5) is 9.84. The van der Waals surface area contributed by atoms with Gasteiger partial charge < -0.3 is 9.13 Å². The Morgan fingerprint density at radius 2 is 0.946 bits per heavy atom. The zero-order valence-electron chi connectivity index (χ0n) is 31.0. The first-order chi connectivity index (χ1) is 27.5. The van der Waals surface area contributed by atoms with Gasteiger partial charge in [-0.3, -0.25) is 9.38 Å². The van der Waals surface area contributed by atoms with Crippen molar-refractivity contribution in [2.24, 2.45) is 0 Å². The molecule has 0 N–H and O–H groups in total. The molecule has 0 fully saturated rings. The summed E-state index contributed by atoms with van der Waals surface area (Å²) in [6.45, 7) is 4.72. The van der Waals surface area contributed by atoms with Crippen molar-refractivity contribution in [3.05, 3.63) is 187 Å². The van der Waals surface area contributed by atoms with Crippen LogP contribution in [0.3, 0.4) is 0 Å². The molecule has 1 aliphatic rings. The Bertz CT molecular complexity index is 3290. The predicted molar refractivity (Wildman–Crippen MR) is 230 cm³/mol. The quantitative estimate of drug-likeness (QED) is 0.182. The van der Waals surface area contributed by atoms with Crippen molar-refractivity contribution in [2.45, 2.75) is 19.3 Å². The van der Waals surface area contributed by atoms with Crippen LogP contribution in [0.15, 0.2) is 176 Å². The molecule has 4 aromatic heterocycles. The molecule has 0 radical (unpaired) electrons. The number of nitrogens with zero attached hydrogens (tertiary/aromatic N) is 5. The molecule has 1 aliphatic carbocycles. The lowest BCUT2D eigenvalue weighted by Crippen LogP contribution is -2.15. The molecule has 0 bridgehead atoms. The van der Waals surface area contributed by atoms with E-state index in [1.807, 2.05) is 18.6 Å². The second-order valence-corrected chi connectivity index (χ2v) is 15.5. The Kier molecular flexibility index (Phi) is 6.33. The molecule has 5 nitrogen and oxygen atoms in total. The van der Waals surface area contributed by atoms with Gasteiger partial charge in [0.1, 0.15) is 5.69 Å². The van der Waals surface area contributed by atoms with E-state index in [2.05, 4.69) is 185 Å². The molecule has 0 unspecified atom stereocenters. The van der Waals surface area contributed by atoms with Gasteiger partial charge in [0.15, 0.2) is 5.65 Å². The van der Waals surface area contributed by atoms with Crippen LogP contribution in [-0.2, 0) is 5.41 Å². The lowest BCUT2D eigenvalue weighted by atomic mass is 9.81. The summed E-state index contributed by atoms with van der Waals surface area (Å²) in [6.07, 6.45) is 5.90. The van der Waals surface area contributed by atoms with E-state index in [0.717, 1.165) is 33.8 Å². The van der Waals surface area contributed by atoms with Crippen molar-refractivity contribution in [3.63, 3.8) is 0 Å². The molecule has 0 saturated carbocycles. The Morgan fingerprint density at radius 3 is 1.54 bits per heavy atom. The third-order valence-electron chi connectivity index (χ3n) is 12.2. The number of hydrogen-bond acceptors (Lipinski definition) is 2. The molecule has 0 saturated heterocycles. The van der Waals surface area contributed by atoms with E-state index >= 15 is 0 Å². The van der Waals surface area contributed by atoms with Gasteiger partial charge in [-0.25, -0.2) is 4.98 Å². The third kappa shape index (κ3) is 4.25. The largest absolute Gasteiger partial charge is 0.309 e. The molecule has 264 valence electrons. The van der Waals surface area contributed by atoms with Crippen LogP contribution in [-0.4, -0.2) is 23.5 Å². The minimum absolute atomic E-state index is 0.194. The molecule has 0 aliphatic heterocycles. The lowest BCUT2D eigenvalue weighted by Gasteiger charge is -2.23. The molecule has 11 aromatic rings. The van der Waals surface area contributed by atoms with Crippen molar-refractivity contribution in [1.29, 1.82) is 0 Å². The molecule has 0 atom stereocenters. The van der Waals surface area contributed by atoms with E-state index in [1.54, 1.807) is 0 Å². The second kappa shape index (κ2) is 11.4. The molecule has 5 heteroatoms. The summed E-state index contributed by atoms with van der Waals surface area (Å²) in [7, 11) is 0. The van der Waals surface area contributed by atoms with Crippen LogP contribution in [0.25, 0.3) is 94.3 Å². The van der Waals surface area contributed by atoms with E-state index in [1.165, 1.54) is 71.6 Å². The minimum atomic E-state index is -0.194. The second-order valence-electron chi connectivity index (χ2n) is 15.5. The molecular formula is C51H35N5. The van der Waals surface area contributed by atoms with E-state index in [9.17, 15) is 0 Å². The van der Waals surface area contributed by atoms with Crippen LogP contribution in [0.4, 0.5) is 0 Å². The van der Waals surface area contributed by atoms with Crippen LogP contribution in [0, 0.1) is 0 Å². The van der Waals surface area contributed by atoms with Crippen LogP contribution in [0.5, 0.6) is 0 Å². The van der Waals surface area contributed by atoms with Crippen molar-refractivity contribution in [1.82, 2.24) is 23.5 Å². The Hall–Kier alpha value is -7.24. The average molecular weight is 718 g/mol. The number of hydrogen-bond donors (Lipinski definition) is 0. The van der Waals surface area contributed by atoms with Gasteiger partial charge in [0.25, 0.3) is 0 Å². The summed E-state index contributed by atoms with van der Waals surface area (Å²) in [5.41, 5.74) is 17.1. The number of fused-ring (bicyclic) bond motifs is 10. The standard InChI is InChI=1S/C51H35N5/c1-51(2)42-29-33(21-25-36(42)37-26-24-35(30-43(37)51)56-46-17-9-5-13-40(46)41-14-6-10-18-47(41)56)48-31-53-50-49(52-27-28-54(48)50)32-19-22-34(23-20-32)55-44-15-7-3-11-38(44)39-12-4-8-16-45(39)55/h3-31H,1-2H3. The number of benzene rings is 7. The summed E-state index contributed by atoms with van der Waals surface area (Å²) in [5, 5.41) is 5.06. The third-order valence-corrected chi connectivity index (χ3v) is 12.2. The van der Waals surface area contributed by atoms with Crippen molar-refractivity contribution >= 4 is 49.3 Å². The van der Waals surface area contributed by atoms with Crippen molar-refractivity contribution in [2.75, 3.05) is 0 Å². The Labute approximate surface area is 323 Å². The molecule has 0 spiro atoms. The number of rotatable bonds is 4. The first-order valence-electron chi connectivity index (χ1n) is 19.2. The molecule has 12 rings (SSSR count). The van der Waals surface area contributed by atoms with Crippen LogP contribution >= 0.6 is 0 Å². The molecule has 4 heterocycles. The van der Waals surface area contributed by atoms with Gasteiger partial charge in [-0.2, -0.15) is 0 Å². The molecular weight excluding hydrogens is 683 g/mol. The first-order valence-corrected chi connectivity index (χ1v) is 19.2. The van der Waals surface area contributed by atoms with Crippen LogP contribution in [0.2, 0.25) is 0 Å². The van der Waals surface area contributed by atoms with Gasteiger partial charge in [0.05, 0.1) is 34.0 Å². The fraction of sp³-hybridized carbons (Fsp3) is 0.0588. The van der Waals surface area contributed by atoms with Crippen LogP contribution < -0.4 is 0 Å². The van der Waals surface area contributed by atoms with Crippen LogP contribution in [0.1, 0.15) is 25.0 Å². The summed E-state index contributed by atoms with van der Waals surface area (Å²) < 4.78 is 6.94. The van der Waals surface area contributed by atoms with E-state index in [0.29, 0.717) is 0 Å². The highest BCUT2D eigenvalue weighted by Gasteiger charge is 2.36. The van der Waals surface area contributed by atoms with Gasteiger partial charge in [-0.05, 0) is 76.9 Å². The highest BCUT2D eigenvalue weighted by atomic mass is 15.0. The van der Waals surface area contributed by atoms with E-state index in [4.69, 9.17) is 9.97 Å². The Morgan fingerprint density at radius 1 is 0.464 bits per heavy atom. The Balaban J connectivity index is 0.916. The fourth-order valence-corrected chi connectivity index (χ4v) is 9.53. The normalized spacial score (nSPS) is 13.3. The monoisotopic (exact) mass is 717 g/mol. The van der Waals surface area contributed by atoms with Gasteiger partial charge in [0, 0.05) is 61.9 Å². The highest BCUT2D eigenvalue weighted by Crippen LogP contribution is 2.50. The maximum Gasteiger partial charge on any atom is 0.163 e. The lowest BCUT2D eigenvalue weighted by molar-refractivity contribution is 0.660. The topological polar surface area (TPSA) is 40.1 Å². The summed E-state index contributed by atoms with van der Waals surface area (Å²) in [5.74, 6) is 0. The van der Waals surface area contributed by atoms with Gasteiger partial charge in [-0.15, -0.1) is 0 Å². The van der Waals surface area contributed by atoms with Gasteiger partial charge >= 0.3 is 0 Å². The average Bonchev–Trinajstić information content (AvgIpc) is 3.98. The van der Waals surface area contributed by atoms with Crippen molar-refractivity contribution < 1.29 is 0 Å². The summed E-state index contributed by atoms with van der Waals surface area (Å²) in [6, 6.07) is 57.3. The zero-order valence-corrected chi connectivity index (χ0v) is 31.0. The van der Waals surface area contributed by atoms with Crippen molar-refractivity contribution in [3.8, 4) is 45.0 Å². The predicted octanol–water partition coefficient (Wildman–Crippen LogP) is 12.6. The summed E-state index contributed by atoms with van der Waals surface area (Å²) >= 11 is 0. The first kappa shape index (κ1) is 31.1. The van der Waals surface area contributed by atoms with E-state index < -0.39 is 0 Å². The maximum atomic E-state index is 4.98. The fourth-order valence-electron chi connectivity index (χ4n) is 9.53. The minimum Gasteiger partial charge on any atom is -0.309 e. The van der Waals surface area contributed by atoms with Gasteiger partial charge in [0.2, 0.25) is 0 Å². The van der Waals surface area contributed by atoms with Gasteiger partial charge in [-0.1, -0.05) is 117 Å². The molecule has 7 aromatic carbocycles. The number of aromatic nitrogens is 5. The van der Waals surface area contributed by atoms with E-state index in [-0.39, 0.29) is 5.41 Å². The smallest absolute Gasteiger partial charge is 0.163 e. The zero-order chi connectivity index (χ0) is 37.1. The number of imidazole rings is 1.